The standard InChI is InChI=1S/C19H19N3O6/c1-10-8-22(19(25)21-16(10)24)17-14(23)12(7-20)15-13(27-17)9-26-18(28-15)11-5-3-2-4-6-11/h2-6,8,12-15,17-18,23H,9H2,1H3,(H,21,24,25)/t12-,13+,14-,15-,17+,18+/m0/s1. The first-order chi connectivity index (χ1) is 13.5. The average molecular weight is 385 g/mol. The van der Waals surface area contributed by atoms with Gasteiger partial charge in [0.2, 0.25) is 0 Å². The summed E-state index contributed by atoms with van der Waals surface area (Å²) >= 11 is 0. The lowest BCUT2D eigenvalue weighted by molar-refractivity contribution is -0.323. The largest absolute Gasteiger partial charge is 0.387 e. The fourth-order valence-corrected chi connectivity index (χ4v) is 3.55. The van der Waals surface area contributed by atoms with Crippen LogP contribution < -0.4 is 11.2 Å². The van der Waals surface area contributed by atoms with Gasteiger partial charge in [-0.15, -0.1) is 0 Å². The molecule has 2 aliphatic heterocycles. The zero-order chi connectivity index (χ0) is 19.8. The van der Waals surface area contributed by atoms with Gasteiger partial charge >= 0.3 is 5.69 Å². The monoisotopic (exact) mass is 385 g/mol. The van der Waals surface area contributed by atoms with Crippen LogP contribution in [0.4, 0.5) is 0 Å². The Morgan fingerprint density at radius 2 is 2.00 bits per heavy atom. The van der Waals surface area contributed by atoms with Gasteiger partial charge in [-0.1, -0.05) is 30.3 Å². The maximum atomic E-state index is 12.2. The molecule has 2 aromatic rings. The molecular weight excluding hydrogens is 366 g/mol. The zero-order valence-corrected chi connectivity index (χ0v) is 15.0. The van der Waals surface area contributed by atoms with Crippen molar-refractivity contribution >= 4 is 0 Å². The van der Waals surface area contributed by atoms with Crippen LogP contribution in [0.1, 0.15) is 23.6 Å². The Hall–Kier alpha value is -2.77. The quantitative estimate of drug-likeness (QED) is 0.764. The van der Waals surface area contributed by atoms with Crippen molar-refractivity contribution in [3.05, 3.63) is 68.5 Å². The third-order valence-corrected chi connectivity index (χ3v) is 5.03. The molecule has 2 N–H and O–H groups in total. The van der Waals surface area contributed by atoms with E-state index in [0.29, 0.717) is 0 Å². The number of hydrogen-bond donors (Lipinski definition) is 2. The Kier molecular flexibility index (Phi) is 4.87. The first kappa shape index (κ1) is 18.6. The molecule has 1 aromatic heterocycles. The molecule has 2 aliphatic rings. The van der Waals surface area contributed by atoms with E-state index in [1.165, 1.54) is 13.1 Å². The Bertz CT molecular complexity index is 1010. The van der Waals surface area contributed by atoms with Gasteiger partial charge in [-0.05, 0) is 6.92 Å². The Labute approximate surface area is 159 Å². The number of H-pyrrole nitrogens is 1. The van der Waals surface area contributed by atoms with Gasteiger partial charge in [0.15, 0.2) is 12.5 Å². The van der Waals surface area contributed by atoms with E-state index in [-0.39, 0.29) is 12.2 Å². The number of rotatable bonds is 2. The van der Waals surface area contributed by atoms with E-state index < -0.39 is 48.0 Å². The van der Waals surface area contributed by atoms with E-state index >= 15 is 0 Å². The van der Waals surface area contributed by atoms with Crippen molar-refractivity contribution in [1.82, 2.24) is 9.55 Å². The molecule has 9 heteroatoms. The van der Waals surface area contributed by atoms with E-state index in [0.717, 1.165) is 10.1 Å². The predicted octanol–water partition coefficient (Wildman–Crippen LogP) is 0.357. The number of aromatic nitrogens is 2. The number of aliphatic hydroxyl groups excluding tert-OH is 1. The van der Waals surface area contributed by atoms with E-state index in [9.17, 15) is 20.0 Å². The molecule has 3 heterocycles. The number of aromatic amines is 1. The lowest BCUT2D eigenvalue weighted by Crippen LogP contribution is -2.58. The van der Waals surface area contributed by atoms with Crippen molar-refractivity contribution in [1.29, 1.82) is 5.26 Å². The summed E-state index contributed by atoms with van der Waals surface area (Å²) in [5, 5.41) is 20.4. The maximum absolute atomic E-state index is 12.2. The van der Waals surface area contributed by atoms with Gasteiger partial charge in [0, 0.05) is 17.3 Å². The molecule has 0 aliphatic carbocycles. The second-order valence-electron chi connectivity index (χ2n) is 6.87. The van der Waals surface area contributed by atoms with Crippen molar-refractivity contribution in [2.24, 2.45) is 5.92 Å². The summed E-state index contributed by atoms with van der Waals surface area (Å²) in [5.41, 5.74) is -0.168. The minimum absolute atomic E-state index is 0.128. The Balaban J connectivity index is 1.63. The molecule has 9 nitrogen and oxygen atoms in total. The number of nitrogens with one attached hydrogen (secondary N) is 1. The van der Waals surface area contributed by atoms with Gasteiger partial charge in [0.1, 0.15) is 24.2 Å². The van der Waals surface area contributed by atoms with Crippen molar-refractivity contribution in [2.45, 2.75) is 37.8 Å². The molecule has 146 valence electrons. The highest BCUT2D eigenvalue weighted by Gasteiger charge is 2.50. The van der Waals surface area contributed by atoms with E-state index in [2.05, 4.69) is 11.1 Å². The number of aryl methyl sites for hydroxylation is 1. The Morgan fingerprint density at radius 1 is 1.25 bits per heavy atom. The van der Waals surface area contributed by atoms with Gasteiger partial charge in [0.25, 0.3) is 5.56 Å². The number of benzene rings is 1. The molecule has 1 aromatic carbocycles. The molecule has 4 rings (SSSR count). The molecule has 0 unspecified atom stereocenters. The van der Waals surface area contributed by atoms with Gasteiger partial charge in [0.05, 0.1) is 12.7 Å². The number of aliphatic hydroxyl groups is 1. The summed E-state index contributed by atoms with van der Waals surface area (Å²) in [4.78, 5) is 26.0. The lowest BCUT2D eigenvalue weighted by Gasteiger charge is -2.46. The average Bonchev–Trinajstić information content (AvgIpc) is 2.71. The first-order valence-corrected chi connectivity index (χ1v) is 8.87. The van der Waals surface area contributed by atoms with Gasteiger partial charge < -0.3 is 19.3 Å². The van der Waals surface area contributed by atoms with Crippen molar-refractivity contribution in [3.8, 4) is 6.07 Å². The van der Waals surface area contributed by atoms with E-state index in [4.69, 9.17) is 14.2 Å². The van der Waals surface area contributed by atoms with E-state index in [1.807, 2.05) is 30.3 Å². The van der Waals surface area contributed by atoms with Crippen LogP contribution in [0.3, 0.4) is 0 Å². The molecular formula is C19H19N3O6. The number of fused-ring (bicyclic) bond motifs is 1. The van der Waals surface area contributed by atoms with Crippen LogP contribution in [0.2, 0.25) is 0 Å². The number of ether oxygens (including phenoxy) is 3. The molecule has 2 saturated heterocycles. The van der Waals surface area contributed by atoms with Gasteiger partial charge in [-0.25, -0.2) is 4.79 Å². The van der Waals surface area contributed by atoms with Gasteiger partial charge in [-0.3, -0.25) is 14.3 Å². The van der Waals surface area contributed by atoms with Crippen LogP contribution in [0.5, 0.6) is 0 Å². The third-order valence-electron chi connectivity index (χ3n) is 5.03. The minimum atomic E-state index is -1.33. The predicted molar refractivity (Wildman–Crippen MR) is 95.1 cm³/mol. The molecule has 0 spiro atoms. The summed E-state index contributed by atoms with van der Waals surface area (Å²) in [6, 6.07) is 11.3. The second kappa shape index (κ2) is 7.33. The lowest BCUT2D eigenvalue weighted by atomic mass is 9.88. The number of nitrogens with zero attached hydrogens (tertiary/aromatic N) is 2. The second-order valence-corrected chi connectivity index (χ2v) is 6.87. The fraction of sp³-hybridized carbons (Fsp3) is 0.421. The van der Waals surface area contributed by atoms with Crippen LogP contribution in [0, 0.1) is 24.2 Å². The summed E-state index contributed by atoms with van der Waals surface area (Å²) in [6.07, 6.45) is -3.23. The number of nitriles is 1. The van der Waals surface area contributed by atoms with E-state index in [1.54, 1.807) is 0 Å². The smallest absolute Gasteiger partial charge is 0.330 e. The minimum Gasteiger partial charge on any atom is -0.387 e. The SMILES string of the molecule is Cc1cn([C@@H]2O[C@@H]3CO[C@@H](c4ccccc4)O[C@H]3[C@@H](C#N)[C@@H]2O)c(=O)[nH]c1=O. The maximum Gasteiger partial charge on any atom is 0.330 e. The highest BCUT2D eigenvalue weighted by Crippen LogP contribution is 2.39. The summed E-state index contributed by atoms with van der Waals surface area (Å²) in [7, 11) is 0. The first-order valence-electron chi connectivity index (χ1n) is 8.87. The van der Waals surface area contributed by atoms with Gasteiger partial charge in [-0.2, -0.15) is 5.26 Å². The summed E-state index contributed by atoms with van der Waals surface area (Å²) < 4.78 is 18.6. The van der Waals surface area contributed by atoms with Crippen LogP contribution >= 0.6 is 0 Å². The highest BCUT2D eigenvalue weighted by atomic mass is 16.7. The third kappa shape index (κ3) is 3.16. The van der Waals surface area contributed by atoms with Crippen LogP contribution in [-0.2, 0) is 14.2 Å². The molecule has 6 atom stereocenters. The molecule has 0 bridgehead atoms. The normalized spacial score (nSPS) is 32.3. The van der Waals surface area contributed by atoms with Crippen molar-refractivity contribution in [3.63, 3.8) is 0 Å². The topological polar surface area (TPSA) is 127 Å². The molecule has 0 radical (unpaired) electrons. The number of hydrogen-bond acceptors (Lipinski definition) is 7. The molecule has 0 amide bonds. The van der Waals surface area contributed by atoms with Crippen LogP contribution in [0.25, 0.3) is 0 Å². The zero-order valence-electron chi connectivity index (χ0n) is 15.0. The van der Waals surface area contributed by atoms with Crippen LogP contribution in [-0.4, -0.2) is 39.6 Å². The molecule has 2 fully saturated rings. The fourth-order valence-electron chi connectivity index (χ4n) is 3.55. The summed E-state index contributed by atoms with van der Waals surface area (Å²) in [5.74, 6) is -0.946. The van der Waals surface area contributed by atoms with Crippen molar-refractivity contribution in [2.75, 3.05) is 6.61 Å². The highest BCUT2D eigenvalue weighted by molar-refractivity contribution is 5.17. The summed E-state index contributed by atoms with van der Waals surface area (Å²) in [6.45, 7) is 1.66. The molecule has 0 saturated carbocycles. The molecule has 28 heavy (non-hydrogen) atoms. The Morgan fingerprint density at radius 3 is 2.71 bits per heavy atom. The van der Waals surface area contributed by atoms with Crippen LogP contribution in [0.15, 0.2) is 46.1 Å². The van der Waals surface area contributed by atoms with Crippen molar-refractivity contribution < 1.29 is 19.3 Å².